The molecule has 2 fully saturated rings. The first-order valence-electron chi connectivity index (χ1n) is 11.5. The summed E-state index contributed by atoms with van der Waals surface area (Å²) in [4.78, 5) is 24.5. The van der Waals surface area contributed by atoms with Crippen molar-refractivity contribution in [3.63, 3.8) is 0 Å². The van der Waals surface area contributed by atoms with Crippen LogP contribution >= 0.6 is 11.3 Å². The predicted molar refractivity (Wildman–Crippen MR) is 128 cm³/mol. The molecule has 5 rings (SSSR count). The maximum absolute atomic E-state index is 13.5. The molecule has 3 heterocycles. The van der Waals surface area contributed by atoms with E-state index < -0.39 is 0 Å². The van der Waals surface area contributed by atoms with Gasteiger partial charge in [-0.2, -0.15) is 0 Å². The second kappa shape index (κ2) is 9.55. The summed E-state index contributed by atoms with van der Waals surface area (Å²) in [5.41, 5.74) is 2.21. The zero-order valence-corrected chi connectivity index (χ0v) is 19.1. The topological polar surface area (TPSA) is 39.7 Å². The first kappa shape index (κ1) is 21.3. The number of carbonyl (C=O) groups excluding carboxylic acids is 1. The number of hydrogen-bond acceptors (Lipinski definition) is 5. The van der Waals surface area contributed by atoms with Crippen LogP contribution in [0.3, 0.4) is 0 Å². The molecular formula is C25H29FN4OS. The fourth-order valence-electron chi connectivity index (χ4n) is 4.72. The zero-order chi connectivity index (χ0) is 21.9. The number of hydrogen-bond donors (Lipinski definition) is 0. The Balaban J connectivity index is 1.09. The molecule has 0 N–H and O–H groups in total. The summed E-state index contributed by atoms with van der Waals surface area (Å²) >= 11 is 1.53. The SMILES string of the molecule is O=C(C1CCN(c2nc3ccc(F)cc3s2)CC1)N1CCN(CCc2ccccc2)CC1. The molecule has 2 aliphatic heterocycles. The first-order valence-corrected chi connectivity index (χ1v) is 12.3. The molecule has 3 aromatic rings. The Morgan fingerprint density at radius 1 is 1.00 bits per heavy atom. The van der Waals surface area contributed by atoms with Crippen molar-refractivity contribution >= 4 is 32.6 Å². The molecule has 0 saturated carbocycles. The molecule has 32 heavy (non-hydrogen) atoms. The van der Waals surface area contributed by atoms with Crippen molar-refractivity contribution in [2.75, 3.05) is 50.7 Å². The molecule has 5 nitrogen and oxygen atoms in total. The summed E-state index contributed by atoms with van der Waals surface area (Å²) in [6.07, 6.45) is 2.78. The van der Waals surface area contributed by atoms with E-state index in [0.29, 0.717) is 5.91 Å². The number of benzene rings is 2. The number of anilines is 1. The Kier molecular flexibility index (Phi) is 6.37. The molecule has 2 aromatic carbocycles. The van der Waals surface area contributed by atoms with Crippen molar-refractivity contribution in [2.45, 2.75) is 19.3 Å². The molecule has 1 aromatic heterocycles. The van der Waals surface area contributed by atoms with Gasteiger partial charge in [-0.1, -0.05) is 41.7 Å². The third-order valence-corrected chi connectivity index (χ3v) is 7.78. The maximum atomic E-state index is 13.5. The largest absolute Gasteiger partial charge is 0.348 e. The molecule has 7 heteroatoms. The Bertz CT molecular complexity index is 1060. The highest BCUT2D eigenvalue weighted by atomic mass is 32.1. The van der Waals surface area contributed by atoms with Gasteiger partial charge in [-0.05, 0) is 43.0 Å². The maximum Gasteiger partial charge on any atom is 0.225 e. The first-order chi connectivity index (χ1) is 15.7. The standard InChI is InChI=1S/C25H29FN4OS/c26-21-6-7-22-23(18-21)32-25(27-22)30-12-9-20(10-13-30)24(31)29-16-14-28(15-17-29)11-8-19-4-2-1-3-5-19/h1-7,18,20H,8-17H2. The minimum atomic E-state index is -0.225. The Morgan fingerprint density at radius 3 is 2.50 bits per heavy atom. The molecular weight excluding hydrogens is 423 g/mol. The van der Waals surface area contributed by atoms with Crippen LogP contribution in [-0.4, -0.2) is 66.5 Å². The average Bonchev–Trinajstić information content (AvgIpc) is 3.27. The molecule has 0 atom stereocenters. The monoisotopic (exact) mass is 452 g/mol. The van der Waals surface area contributed by atoms with Gasteiger partial charge in [0.25, 0.3) is 0 Å². The zero-order valence-electron chi connectivity index (χ0n) is 18.3. The summed E-state index contributed by atoms with van der Waals surface area (Å²) in [5.74, 6) is 0.199. The van der Waals surface area contributed by atoms with Gasteiger partial charge in [0.05, 0.1) is 10.2 Å². The lowest BCUT2D eigenvalue weighted by Gasteiger charge is -2.38. The van der Waals surface area contributed by atoms with Gasteiger partial charge >= 0.3 is 0 Å². The van der Waals surface area contributed by atoms with Gasteiger partial charge in [-0.3, -0.25) is 9.69 Å². The molecule has 0 spiro atoms. The minimum Gasteiger partial charge on any atom is -0.348 e. The number of fused-ring (bicyclic) bond motifs is 1. The lowest BCUT2D eigenvalue weighted by Crippen LogP contribution is -2.51. The van der Waals surface area contributed by atoms with Crippen LogP contribution in [-0.2, 0) is 11.2 Å². The predicted octanol–water partition coefficient (Wildman–Crippen LogP) is 4.04. The van der Waals surface area contributed by atoms with Gasteiger partial charge in [0, 0.05) is 51.7 Å². The summed E-state index contributed by atoms with van der Waals surface area (Å²) in [5, 5.41) is 0.934. The molecule has 168 valence electrons. The van der Waals surface area contributed by atoms with E-state index >= 15 is 0 Å². The summed E-state index contributed by atoms with van der Waals surface area (Å²) in [6, 6.07) is 15.3. The third kappa shape index (κ3) is 4.79. The van der Waals surface area contributed by atoms with Crippen molar-refractivity contribution in [1.82, 2.24) is 14.8 Å². The van der Waals surface area contributed by atoms with Crippen molar-refractivity contribution in [3.8, 4) is 0 Å². The lowest BCUT2D eigenvalue weighted by molar-refractivity contribution is -0.138. The summed E-state index contributed by atoms with van der Waals surface area (Å²) < 4.78 is 14.3. The molecule has 2 aliphatic rings. The highest BCUT2D eigenvalue weighted by Crippen LogP contribution is 2.32. The van der Waals surface area contributed by atoms with E-state index in [9.17, 15) is 9.18 Å². The highest BCUT2D eigenvalue weighted by molar-refractivity contribution is 7.22. The number of piperazine rings is 1. The number of rotatable bonds is 5. The number of aromatic nitrogens is 1. The van der Waals surface area contributed by atoms with Crippen LogP contribution < -0.4 is 4.90 Å². The summed E-state index contributed by atoms with van der Waals surface area (Å²) in [6.45, 7) is 6.29. The summed E-state index contributed by atoms with van der Waals surface area (Å²) in [7, 11) is 0. The lowest BCUT2D eigenvalue weighted by atomic mass is 9.95. The van der Waals surface area contributed by atoms with Crippen molar-refractivity contribution in [3.05, 3.63) is 59.9 Å². The van der Waals surface area contributed by atoms with Gasteiger partial charge in [0.15, 0.2) is 5.13 Å². The number of thiazole rings is 1. The third-order valence-electron chi connectivity index (χ3n) is 6.70. The van der Waals surface area contributed by atoms with Crippen LogP contribution in [0.25, 0.3) is 10.2 Å². The van der Waals surface area contributed by atoms with Gasteiger partial charge in [0.2, 0.25) is 5.91 Å². The number of carbonyl (C=O) groups is 1. The molecule has 2 saturated heterocycles. The van der Waals surface area contributed by atoms with Crippen LogP contribution in [0, 0.1) is 11.7 Å². The van der Waals surface area contributed by atoms with Crippen molar-refractivity contribution in [2.24, 2.45) is 5.92 Å². The second-order valence-corrected chi connectivity index (χ2v) is 9.78. The number of nitrogens with zero attached hydrogens (tertiary/aromatic N) is 4. The second-order valence-electron chi connectivity index (χ2n) is 8.77. The molecule has 0 unspecified atom stereocenters. The molecule has 0 radical (unpaired) electrons. The highest BCUT2D eigenvalue weighted by Gasteiger charge is 2.31. The van der Waals surface area contributed by atoms with Crippen molar-refractivity contribution < 1.29 is 9.18 Å². The van der Waals surface area contributed by atoms with Gasteiger partial charge < -0.3 is 9.80 Å². The Hall–Kier alpha value is -2.51. The smallest absolute Gasteiger partial charge is 0.225 e. The van der Waals surface area contributed by atoms with Gasteiger partial charge in [0.1, 0.15) is 5.82 Å². The molecule has 1 amide bonds. The van der Waals surface area contributed by atoms with E-state index in [1.165, 1.54) is 23.0 Å². The number of amides is 1. The van der Waals surface area contributed by atoms with Gasteiger partial charge in [-0.25, -0.2) is 9.37 Å². The molecule has 0 aliphatic carbocycles. The van der Waals surface area contributed by atoms with Gasteiger partial charge in [-0.15, -0.1) is 0 Å². The van der Waals surface area contributed by atoms with E-state index in [1.807, 2.05) is 0 Å². The Morgan fingerprint density at radius 2 is 1.75 bits per heavy atom. The van der Waals surface area contributed by atoms with E-state index in [4.69, 9.17) is 0 Å². The Labute approximate surface area is 192 Å². The van der Waals surface area contributed by atoms with E-state index in [1.54, 1.807) is 12.1 Å². The van der Waals surface area contributed by atoms with Crippen molar-refractivity contribution in [1.29, 1.82) is 0 Å². The normalized spacial score (nSPS) is 18.4. The van der Waals surface area contributed by atoms with Crippen LogP contribution in [0.15, 0.2) is 48.5 Å². The molecule has 0 bridgehead atoms. The van der Waals surface area contributed by atoms with Crippen LogP contribution in [0.5, 0.6) is 0 Å². The van der Waals surface area contributed by atoms with E-state index in [0.717, 1.165) is 80.4 Å². The van der Waals surface area contributed by atoms with E-state index in [-0.39, 0.29) is 11.7 Å². The average molecular weight is 453 g/mol. The quantitative estimate of drug-likeness (QED) is 0.586. The number of piperidine rings is 1. The number of halogens is 1. The van der Waals surface area contributed by atoms with Crippen LogP contribution in [0.1, 0.15) is 18.4 Å². The fraction of sp³-hybridized carbons (Fsp3) is 0.440. The van der Waals surface area contributed by atoms with Crippen LogP contribution in [0.2, 0.25) is 0 Å². The fourth-order valence-corrected chi connectivity index (χ4v) is 5.76. The minimum absolute atomic E-state index is 0.106. The van der Waals surface area contributed by atoms with Crippen LogP contribution in [0.4, 0.5) is 9.52 Å². The van der Waals surface area contributed by atoms with E-state index in [2.05, 4.69) is 50.0 Å².